The first kappa shape index (κ1) is 18.7. The summed E-state index contributed by atoms with van der Waals surface area (Å²) in [6.45, 7) is 0. The number of carbonyl (C=O) groups excluding carboxylic acids is 1. The fourth-order valence-electron chi connectivity index (χ4n) is 2.40. The van der Waals surface area contributed by atoms with Gasteiger partial charge in [-0.1, -0.05) is 23.7 Å². The number of hydrogen-bond donors (Lipinski definition) is 1. The Hall–Kier alpha value is -2.68. The summed E-state index contributed by atoms with van der Waals surface area (Å²) in [6.07, 6.45) is 1.66. The predicted octanol–water partition coefficient (Wildman–Crippen LogP) is 5.00. The molecule has 1 amide bonds. The van der Waals surface area contributed by atoms with Crippen LogP contribution in [0.2, 0.25) is 5.02 Å². The summed E-state index contributed by atoms with van der Waals surface area (Å²) in [4.78, 5) is 17.9. The molecule has 0 fully saturated rings. The van der Waals surface area contributed by atoms with Gasteiger partial charge in [-0.25, -0.2) is 4.98 Å². The van der Waals surface area contributed by atoms with Crippen LogP contribution in [-0.4, -0.2) is 25.7 Å². The van der Waals surface area contributed by atoms with Crippen LogP contribution in [0.1, 0.15) is 10.5 Å². The van der Waals surface area contributed by atoms with Gasteiger partial charge in [-0.15, -0.1) is 21.5 Å². The van der Waals surface area contributed by atoms with Crippen LogP contribution in [0.15, 0.2) is 70.3 Å². The third-order valence-electron chi connectivity index (χ3n) is 3.80. The Morgan fingerprint density at radius 3 is 2.75 bits per heavy atom. The Kier molecular flexibility index (Phi) is 5.43. The second kappa shape index (κ2) is 8.14. The first-order chi connectivity index (χ1) is 13.6. The SMILES string of the molecule is Cn1cnnc1Sc1ccc(NC(=O)c2csc(-c3cccc(Cl)c3)n2)cc1. The maximum Gasteiger partial charge on any atom is 0.275 e. The molecule has 6 nitrogen and oxygen atoms in total. The molecule has 1 N–H and O–H groups in total. The number of carbonyl (C=O) groups is 1. The van der Waals surface area contributed by atoms with Crippen molar-refractivity contribution in [1.82, 2.24) is 19.7 Å². The second-order valence-corrected chi connectivity index (χ2v) is 8.19. The molecular weight excluding hydrogens is 414 g/mol. The molecule has 0 aliphatic heterocycles. The number of aryl methyl sites for hydroxylation is 1. The standard InChI is InChI=1S/C19H14ClN5OS2/c1-25-11-21-24-19(25)28-15-7-5-14(6-8-15)22-17(26)16-10-27-18(23-16)12-3-2-4-13(20)9-12/h2-11H,1H3,(H,22,26). The van der Waals surface area contributed by atoms with E-state index in [-0.39, 0.29) is 5.91 Å². The average Bonchev–Trinajstić information content (AvgIpc) is 3.33. The second-order valence-electron chi connectivity index (χ2n) is 5.85. The number of thiazole rings is 1. The van der Waals surface area contributed by atoms with Gasteiger partial charge in [0.25, 0.3) is 5.91 Å². The summed E-state index contributed by atoms with van der Waals surface area (Å²) < 4.78 is 1.85. The molecule has 0 atom stereocenters. The van der Waals surface area contributed by atoms with E-state index in [1.54, 1.807) is 17.8 Å². The molecule has 9 heteroatoms. The van der Waals surface area contributed by atoms with Crippen LogP contribution >= 0.6 is 34.7 Å². The van der Waals surface area contributed by atoms with Crippen molar-refractivity contribution >= 4 is 46.3 Å². The van der Waals surface area contributed by atoms with Crippen LogP contribution in [0.25, 0.3) is 10.6 Å². The maximum absolute atomic E-state index is 12.5. The number of rotatable bonds is 5. The van der Waals surface area contributed by atoms with Crippen molar-refractivity contribution in [3.05, 3.63) is 71.0 Å². The molecule has 0 aliphatic carbocycles. The number of halogens is 1. The summed E-state index contributed by atoms with van der Waals surface area (Å²) in [7, 11) is 1.89. The van der Waals surface area contributed by atoms with E-state index in [2.05, 4.69) is 20.5 Å². The van der Waals surface area contributed by atoms with Crippen molar-refractivity contribution < 1.29 is 4.79 Å². The van der Waals surface area contributed by atoms with Crippen LogP contribution in [0, 0.1) is 0 Å². The minimum absolute atomic E-state index is 0.252. The van der Waals surface area contributed by atoms with Gasteiger partial charge < -0.3 is 9.88 Å². The summed E-state index contributed by atoms with van der Waals surface area (Å²) in [5.41, 5.74) is 1.96. The van der Waals surface area contributed by atoms with E-state index in [0.717, 1.165) is 20.6 Å². The fraction of sp³-hybridized carbons (Fsp3) is 0.0526. The van der Waals surface area contributed by atoms with Gasteiger partial charge in [0.05, 0.1) is 0 Å². The highest BCUT2D eigenvalue weighted by atomic mass is 35.5. The molecule has 0 spiro atoms. The Morgan fingerprint density at radius 1 is 1.21 bits per heavy atom. The maximum atomic E-state index is 12.5. The van der Waals surface area contributed by atoms with Gasteiger partial charge in [0.1, 0.15) is 17.0 Å². The minimum Gasteiger partial charge on any atom is -0.321 e. The van der Waals surface area contributed by atoms with Crippen LogP contribution in [0.4, 0.5) is 5.69 Å². The highest BCUT2D eigenvalue weighted by Gasteiger charge is 2.13. The Labute approximate surface area is 174 Å². The van der Waals surface area contributed by atoms with Crippen molar-refractivity contribution in [2.45, 2.75) is 10.1 Å². The largest absolute Gasteiger partial charge is 0.321 e. The molecule has 2 aromatic carbocycles. The van der Waals surface area contributed by atoms with E-state index in [0.29, 0.717) is 16.4 Å². The third kappa shape index (κ3) is 4.24. The molecule has 28 heavy (non-hydrogen) atoms. The predicted molar refractivity (Wildman–Crippen MR) is 112 cm³/mol. The molecule has 0 saturated carbocycles. The Morgan fingerprint density at radius 2 is 2.04 bits per heavy atom. The first-order valence-corrected chi connectivity index (χ1v) is 10.3. The van der Waals surface area contributed by atoms with Gasteiger partial charge in [-0.05, 0) is 48.2 Å². The summed E-state index contributed by atoms with van der Waals surface area (Å²) in [5.74, 6) is -0.252. The van der Waals surface area contributed by atoms with Crippen molar-refractivity contribution in [1.29, 1.82) is 0 Å². The zero-order valence-electron chi connectivity index (χ0n) is 14.7. The summed E-state index contributed by atoms with van der Waals surface area (Å²) in [5, 5.41) is 14.7. The number of amides is 1. The van der Waals surface area contributed by atoms with Gasteiger partial charge in [-0.2, -0.15) is 0 Å². The number of anilines is 1. The molecule has 0 saturated heterocycles. The quantitative estimate of drug-likeness (QED) is 0.485. The van der Waals surface area contributed by atoms with Crippen molar-refractivity contribution in [2.75, 3.05) is 5.32 Å². The first-order valence-electron chi connectivity index (χ1n) is 8.23. The molecule has 0 radical (unpaired) electrons. The lowest BCUT2D eigenvalue weighted by Crippen LogP contribution is -2.12. The highest BCUT2D eigenvalue weighted by molar-refractivity contribution is 7.99. The van der Waals surface area contributed by atoms with E-state index in [4.69, 9.17) is 11.6 Å². The van der Waals surface area contributed by atoms with Crippen LogP contribution in [0.3, 0.4) is 0 Å². The normalized spacial score (nSPS) is 10.8. The summed E-state index contributed by atoms with van der Waals surface area (Å²) >= 11 is 8.93. The lowest BCUT2D eigenvalue weighted by molar-refractivity contribution is 0.102. The molecule has 140 valence electrons. The number of aromatic nitrogens is 4. The molecule has 0 bridgehead atoms. The number of hydrogen-bond acceptors (Lipinski definition) is 6. The number of benzene rings is 2. The van der Waals surface area contributed by atoms with Crippen molar-refractivity contribution in [3.8, 4) is 10.6 Å². The van der Waals surface area contributed by atoms with Gasteiger partial charge in [-0.3, -0.25) is 4.79 Å². The zero-order valence-corrected chi connectivity index (χ0v) is 17.1. The molecule has 4 rings (SSSR count). The molecule has 4 aromatic rings. The highest BCUT2D eigenvalue weighted by Crippen LogP contribution is 2.28. The molecule has 0 aliphatic rings. The lowest BCUT2D eigenvalue weighted by atomic mass is 10.2. The average molecular weight is 428 g/mol. The molecule has 2 heterocycles. The zero-order chi connectivity index (χ0) is 19.5. The van der Waals surface area contributed by atoms with Crippen LogP contribution in [-0.2, 0) is 7.05 Å². The molecule has 2 aromatic heterocycles. The Bertz CT molecular complexity index is 1120. The fourth-order valence-corrected chi connectivity index (χ4v) is 4.15. The van der Waals surface area contributed by atoms with Gasteiger partial charge in [0.15, 0.2) is 5.16 Å². The van der Waals surface area contributed by atoms with E-state index in [1.807, 2.05) is 54.1 Å². The number of nitrogens with one attached hydrogen (secondary N) is 1. The van der Waals surface area contributed by atoms with Gasteiger partial charge in [0, 0.05) is 33.6 Å². The van der Waals surface area contributed by atoms with E-state index in [1.165, 1.54) is 23.1 Å². The molecular formula is C19H14ClN5OS2. The minimum atomic E-state index is -0.252. The Balaban J connectivity index is 1.43. The monoisotopic (exact) mass is 427 g/mol. The lowest BCUT2D eigenvalue weighted by Gasteiger charge is -2.05. The topological polar surface area (TPSA) is 72.7 Å². The van der Waals surface area contributed by atoms with Crippen molar-refractivity contribution in [3.63, 3.8) is 0 Å². The van der Waals surface area contributed by atoms with Crippen LogP contribution in [0.5, 0.6) is 0 Å². The molecule has 0 unspecified atom stereocenters. The van der Waals surface area contributed by atoms with E-state index in [9.17, 15) is 4.79 Å². The summed E-state index contributed by atoms with van der Waals surface area (Å²) in [6, 6.07) is 15.0. The van der Waals surface area contributed by atoms with Gasteiger partial charge in [0.2, 0.25) is 0 Å². The van der Waals surface area contributed by atoms with Gasteiger partial charge >= 0.3 is 0 Å². The van der Waals surface area contributed by atoms with E-state index < -0.39 is 0 Å². The smallest absolute Gasteiger partial charge is 0.275 e. The van der Waals surface area contributed by atoms with E-state index >= 15 is 0 Å². The van der Waals surface area contributed by atoms with Crippen molar-refractivity contribution in [2.24, 2.45) is 7.05 Å². The number of nitrogens with zero attached hydrogens (tertiary/aromatic N) is 4. The van der Waals surface area contributed by atoms with Crippen LogP contribution < -0.4 is 5.32 Å². The third-order valence-corrected chi connectivity index (χ3v) is 5.99.